The molecule has 24 heavy (non-hydrogen) atoms. The number of benzene rings is 1. The van der Waals surface area contributed by atoms with Crippen LogP contribution in [-0.4, -0.2) is 0 Å². The minimum Gasteiger partial charge on any atom is -0.139 e. The van der Waals surface area contributed by atoms with Crippen LogP contribution in [-0.2, 0) is 5.41 Å². The molecule has 2 aromatic rings. The molecule has 2 rings (SSSR count). The van der Waals surface area contributed by atoms with Crippen LogP contribution in [0, 0.1) is 0 Å². The predicted molar refractivity (Wildman–Crippen MR) is 110 cm³/mol. The van der Waals surface area contributed by atoms with E-state index in [1.807, 2.05) is 23.5 Å². The molecule has 1 aromatic heterocycles. The molecule has 124 valence electrons. The van der Waals surface area contributed by atoms with Crippen LogP contribution in [0.15, 0.2) is 85.5 Å². The zero-order chi connectivity index (χ0) is 17.6. The second-order valence-electron chi connectivity index (χ2n) is 5.95. The van der Waals surface area contributed by atoms with Crippen molar-refractivity contribution in [2.45, 2.75) is 32.6 Å². The maximum Gasteiger partial charge on any atom is 0.0474 e. The number of thiophene rings is 1. The summed E-state index contributed by atoms with van der Waals surface area (Å²) in [5.74, 6) is 0. The van der Waals surface area contributed by atoms with Gasteiger partial charge in [0, 0.05) is 15.2 Å². The highest BCUT2D eigenvalue weighted by molar-refractivity contribution is 7.13. The summed E-state index contributed by atoms with van der Waals surface area (Å²) in [5.41, 5.74) is 3.61. The molecule has 0 fully saturated rings. The molecule has 0 aliphatic heterocycles. The van der Waals surface area contributed by atoms with Gasteiger partial charge in [-0.1, -0.05) is 80.3 Å². The molecule has 0 spiro atoms. The maximum absolute atomic E-state index is 4.39. The molecule has 0 bridgehead atoms. The number of hydrogen-bond donors (Lipinski definition) is 0. The third kappa shape index (κ3) is 3.52. The third-order valence-corrected chi connectivity index (χ3v) is 5.95. The Morgan fingerprint density at radius 1 is 1.17 bits per heavy atom. The first-order chi connectivity index (χ1) is 11.6. The van der Waals surface area contributed by atoms with Gasteiger partial charge in [0.05, 0.1) is 0 Å². The largest absolute Gasteiger partial charge is 0.139 e. The Morgan fingerprint density at radius 2 is 1.88 bits per heavy atom. The van der Waals surface area contributed by atoms with Gasteiger partial charge >= 0.3 is 0 Å². The summed E-state index contributed by atoms with van der Waals surface area (Å²) in [4.78, 5) is 2.61. The molecule has 1 atom stereocenters. The van der Waals surface area contributed by atoms with E-state index in [4.69, 9.17) is 0 Å². The van der Waals surface area contributed by atoms with Crippen molar-refractivity contribution in [1.29, 1.82) is 0 Å². The lowest BCUT2D eigenvalue weighted by atomic mass is 9.74. The second kappa shape index (κ2) is 8.12. The lowest BCUT2D eigenvalue weighted by Crippen LogP contribution is -2.24. The fourth-order valence-electron chi connectivity index (χ4n) is 2.90. The highest BCUT2D eigenvalue weighted by Gasteiger charge is 2.32. The molecule has 0 aliphatic carbocycles. The van der Waals surface area contributed by atoms with Crippen LogP contribution in [0.2, 0.25) is 0 Å². The average molecular weight is 335 g/mol. The highest BCUT2D eigenvalue weighted by atomic mass is 32.1. The quantitative estimate of drug-likeness (QED) is 0.372. The van der Waals surface area contributed by atoms with Crippen LogP contribution in [0.3, 0.4) is 0 Å². The Balaban J connectivity index is 2.52. The molecule has 0 saturated carbocycles. The van der Waals surface area contributed by atoms with Crippen molar-refractivity contribution >= 4 is 16.9 Å². The molecule has 0 nitrogen and oxygen atoms in total. The fourth-order valence-corrected chi connectivity index (χ4v) is 4.18. The zero-order valence-electron chi connectivity index (χ0n) is 14.9. The van der Waals surface area contributed by atoms with Crippen LogP contribution >= 0.6 is 11.3 Å². The van der Waals surface area contributed by atoms with Crippen LogP contribution in [0.1, 0.15) is 42.5 Å². The van der Waals surface area contributed by atoms with E-state index in [9.17, 15) is 0 Å². The van der Waals surface area contributed by atoms with Gasteiger partial charge < -0.3 is 0 Å². The topological polar surface area (TPSA) is 0 Å². The molecule has 0 amide bonds. The van der Waals surface area contributed by atoms with Crippen molar-refractivity contribution in [3.63, 3.8) is 0 Å². The van der Waals surface area contributed by atoms with E-state index in [-0.39, 0.29) is 5.41 Å². The van der Waals surface area contributed by atoms with E-state index >= 15 is 0 Å². The summed E-state index contributed by atoms with van der Waals surface area (Å²) in [5, 5.41) is 0. The van der Waals surface area contributed by atoms with Crippen LogP contribution < -0.4 is 0 Å². The van der Waals surface area contributed by atoms with E-state index < -0.39 is 0 Å². The Bertz CT molecular complexity index is 758. The standard InChI is InChI=1S/C23H26S/c1-6-9-13-19(8-3)21-16-17-22(24-21)23(5,18(4)7-2)20-14-11-10-12-15-20/h6,8-17H,1,4,7H2,2-3,5H3/b13-9-,19-8+. The lowest BCUT2D eigenvalue weighted by Gasteiger charge is -2.31. The zero-order valence-corrected chi connectivity index (χ0v) is 15.7. The molecular weight excluding hydrogens is 308 g/mol. The smallest absolute Gasteiger partial charge is 0.0474 e. The van der Waals surface area contributed by atoms with Crippen molar-refractivity contribution in [2.75, 3.05) is 0 Å². The van der Waals surface area contributed by atoms with Crippen molar-refractivity contribution in [3.8, 4) is 0 Å². The van der Waals surface area contributed by atoms with E-state index in [0.717, 1.165) is 6.42 Å². The Kier molecular flexibility index (Phi) is 6.16. The van der Waals surface area contributed by atoms with Crippen molar-refractivity contribution in [2.24, 2.45) is 0 Å². The SMILES string of the molecule is C=C/C=C\C(=C/C)c1ccc(C(C)(C(=C)CC)c2ccccc2)s1. The van der Waals surface area contributed by atoms with Crippen molar-refractivity contribution in [1.82, 2.24) is 0 Å². The minimum atomic E-state index is -0.153. The Morgan fingerprint density at radius 3 is 2.46 bits per heavy atom. The van der Waals surface area contributed by atoms with Crippen molar-refractivity contribution in [3.05, 3.63) is 101 Å². The Labute approximate surface area is 150 Å². The van der Waals surface area contributed by atoms with Gasteiger partial charge in [0.1, 0.15) is 0 Å². The molecule has 0 saturated heterocycles. The highest BCUT2D eigenvalue weighted by Crippen LogP contribution is 2.43. The number of hydrogen-bond acceptors (Lipinski definition) is 1. The van der Waals surface area contributed by atoms with Crippen LogP contribution in [0.4, 0.5) is 0 Å². The van der Waals surface area contributed by atoms with Gasteiger partial charge in [0.2, 0.25) is 0 Å². The molecule has 1 aromatic carbocycles. The first-order valence-corrected chi connectivity index (χ1v) is 9.19. The van der Waals surface area contributed by atoms with Gasteiger partial charge in [0.25, 0.3) is 0 Å². The first kappa shape index (κ1) is 18.2. The molecular formula is C23H26S. The van der Waals surface area contributed by atoms with Gasteiger partial charge in [-0.15, -0.1) is 11.3 Å². The number of allylic oxidation sites excluding steroid dienone is 6. The van der Waals surface area contributed by atoms with Gasteiger partial charge in [-0.05, 0) is 43.5 Å². The minimum absolute atomic E-state index is 0.153. The normalized spacial score (nSPS) is 14.5. The molecule has 1 heteroatoms. The van der Waals surface area contributed by atoms with Crippen LogP contribution in [0.25, 0.3) is 5.57 Å². The molecule has 1 unspecified atom stereocenters. The maximum atomic E-state index is 4.39. The summed E-state index contributed by atoms with van der Waals surface area (Å²) in [6.45, 7) is 14.7. The van der Waals surface area contributed by atoms with E-state index in [0.29, 0.717) is 0 Å². The van der Waals surface area contributed by atoms with Gasteiger partial charge in [-0.2, -0.15) is 0 Å². The van der Waals surface area contributed by atoms with E-state index in [1.54, 1.807) is 0 Å². The van der Waals surface area contributed by atoms with Gasteiger partial charge in [-0.25, -0.2) is 0 Å². The Hall–Kier alpha value is -2.12. The molecule has 0 N–H and O–H groups in total. The fraction of sp³-hybridized carbons (Fsp3) is 0.217. The summed E-state index contributed by atoms with van der Waals surface area (Å²) in [6.07, 6.45) is 9.01. The third-order valence-electron chi connectivity index (χ3n) is 4.59. The summed E-state index contributed by atoms with van der Waals surface area (Å²) in [7, 11) is 0. The molecule has 0 radical (unpaired) electrons. The summed E-state index contributed by atoms with van der Waals surface area (Å²) < 4.78 is 0. The van der Waals surface area contributed by atoms with E-state index in [1.165, 1.54) is 26.5 Å². The monoisotopic (exact) mass is 334 g/mol. The summed E-state index contributed by atoms with van der Waals surface area (Å²) in [6, 6.07) is 15.1. The second-order valence-corrected chi connectivity index (χ2v) is 7.03. The first-order valence-electron chi connectivity index (χ1n) is 8.37. The van der Waals surface area contributed by atoms with Gasteiger partial charge in [0.15, 0.2) is 0 Å². The predicted octanol–water partition coefficient (Wildman–Crippen LogP) is 7.17. The van der Waals surface area contributed by atoms with Crippen LogP contribution in [0.5, 0.6) is 0 Å². The number of rotatable bonds is 7. The van der Waals surface area contributed by atoms with Gasteiger partial charge in [-0.3, -0.25) is 0 Å². The molecule has 1 heterocycles. The van der Waals surface area contributed by atoms with E-state index in [2.05, 4.69) is 88.5 Å². The average Bonchev–Trinajstić information content (AvgIpc) is 3.12. The molecule has 0 aliphatic rings. The van der Waals surface area contributed by atoms with Crippen molar-refractivity contribution < 1.29 is 0 Å². The lowest BCUT2D eigenvalue weighted by molar-refractivity contribution is 0.665. The summed E-state index contributed by atoms with van der Waals surface area (Å²) >= 11 is 1.85.